The number of carbonyl (C=O) groups is 2. The van der Waals surface area contributed by atoms with Crippen LogP contribution in [0.3, 0.4) is 0 Å². The van der Waals surface area contributed by atoms with E-state index in [9.17, 15) is 19.8 Å². The van der Waals surface area contributed by atoms with E-state index in [0.717, 1.165) is 11.1 Å². The molecule has 0 aromatic heterocycles. The molecule has 4 atom stereocenters. The molecule has 1 saturated heterocycles. The lowest BCUT2D eigenvalue weighted by Crippen LogP contribution is -2.44. The third kappa shape index (κ3) is 2.94. The molecule has 27 heavy (non-hydrogen) atoms. The monoisotopic (exact) mass is 368 g/mol. The van der Waals surface area contributed by atoms with Gasteiger partial charge < -0.3 is 26.0 Å². The van der Waals surface area contributed by atoms with Crippen molar-refractivity contribution in [2.75, 3.05) is 13.2 Å². The Bertz CT molecular complexity index is 913. The fourth-order valence-corrected chi connectivity index (χ4v) is 3.76. The lowest BCUT2D eigenvalue weighted by Gasteiger charge is -2.16. The first-order chi connectivity index (χ1) is 13.0. The quantitative estimate of drug-likeness (QED) is 0.431. The molecule has 7 nitrogen and oxygen atoms in total. The molecule has 4 rings (SSSR count). The summed E-state index contributed by atoms with van der Waals surface area (Å²) in [4.78, 5) is 25.0. The third-order valence-corrected chi connectivity index (χ3v) is 5.27. The van der Waals surface area contributed by atoms with Gasteiger partial charge in [0.25, 0.3) is 5.91 Å². The summed E-state index contributed by atoms with van der Waals surface area (Å²) in [5.74, 6) is -0.477. The highest BCUT2D eigenvalue weighted by atomic mass is 16.3. The molecule has 1 aliphatic carbocycles. The lowest BCUT2D eigenvalue weighted by atomic mass is 10.0. The summed E-state index contributed by atoms with van der Waals surface area (Å²) in [5, 5.41) is 34.5. The van der Waals surface area contributed by atoms with Crippen LogP contribution in [0, 0.1) is 0 Å². The molecule has 2 aromatic rings. The van der Waals surface area contributed by atoms with Crippen LogP contribution in [0.15, 0.2) is 42.5 Å². The van der Waals surface area contributed by atoms with Crippen LogP contribution < -0.4 is 10.6 Å². The number of hydrogen-bond donors (Lipinski definition) is 5. The topological polar surface area (TPSA) is 119 Å². The fraction of sp³-hybridized carbons (Fsp3) is 0.300. The van der Waals surface area contributed by atoms with Crippen molar-refractivity contribution in [3.8, 4) is 11.1 Å². The Morgan fingerprint density at radius 2 is 1.63 bits per heavy atom. The van der Waals surface area contributed by atoms with Crippen molar-refractivity contribution in [2.24, 2.45) is 0 Å². The maximum atomic E-state index is 12.6. The van der Waals surface area contributed by atoms with Gasteiger partial charge in [0.1, 0.15) is 0 Å². The number of aliphatic hydroxyl groups excluding tert-OH is 3. The molecular formula is C20H20N2O5. The van der Waals surface area contributed by atoms with E-state index in [4.69, 9.17) is 5.11 Å². The summed E-state index contributed by atoms with van der Waals surface area (Å²) in [7, 11) is 0. The average molecular weight is 368 g/mol. The van der Waals surface area contributed by atoms with E-state index >= 15 is 0 Å². The van der Waals surface area contributed by atoms with E-state index in [1.54, 1.807) is 24.3 Å². The van der Waals surface area contributed by atoms with Crippen LogP contribution in [0.1, 0.15) is 26.3 Å². The molecule has 7 heteroatoms. The number of benzene rings is 2. The second kappa shape index (κ2) is 6.86. The Balaban J connectivity index is 1.48. The maximum absolute atomic E-state index is 12.6. The van der Waals surface area contributed by atoms with Gasteiger partial charge in [0, 0.05) is 23.2 Å². The predicted octanol–water partition coefficient (Wildman–Crippen LogP) is -0.318. The highest BCUT2D eigenvalue weighted by Crippen LogP contribution is 2.36. The Hall–Kier alpha value is -2.58. The Kier molecular flexibility index (Phi) is 4.53. The van der Waals surface area contributed by atoms with Gasteiger partial charge in [-0.15, -0.1) is 0 Å². The van der Waals surface area contributed by atoms with Crippen LogP contribution in [-0.2, 0) is 0 Å². The van der Waals surface area contributed by atoms with E-state index < -0.39 is 24.3 Å². The second-order valence-electron chi connectivity index (χ2n) is 6.89. The molecule has 0 radical (unpaired) electrons. The van der Waals surface area contributed by atoms with Gasteiger partial charge in [-0.3, -0.25) is 9.59 Å². The van der Waals surface area contributed by atoms with Gasteiger partial charge in [0.2, 0.25) is 0 Å². The van der Waals surface area contributed by atoms with Crippen LogP contribution in [0.4, 0.5) is 0 Å². The normalized spacial score (nSPS) is 26.0. The summed E-state index contributed by atoms with van der Waals surface area (Å²) in [5.41, 5.74) is 3.16. The van der Waals surface area contributed by atoms with Gasteiger partial charge in [-0.1, -0.05) is 30.3 Å². The highest BCUT2D eigenvalue weighted by Gasteiger charge is 2.40. The van der Waals surface area contributed by atoms with Crippen molar-refractivity contribution in [1.82, 2.24) is 10.6 Å². The van der Waals surface area contributed by atoms with Crippen molar-refractivity contribution in [3.05, 3.63) is 59.2 Å². The standard InChI is InChI=1S/C20H20N2O5/c23-9-16-19(26)18(25)15(22-16)8-21-20(27)10-5-6-12-11-3-1-2-4-13(11)17(24)14(12)7-10/h1-7,15-16,18-19,22-23,25-26H,8-9H2,(H,21,27)/t15-,16-,18-,19-/m1/s1. The van der Waals surface area contributed by atoms with Crippen LogP contribution in [-0.4, -0.2) is 64.5 Å². The average Bonchev–Trinajstić information content (AvgIpc) is 3.14. The van der Waals surface area contributed by atoms with Gasteiger partial charge in [-0.05, 0) is 23.3 Å². The predicted molar refractivity (Wildman–Crippen MR) is 97.5 cm³/mol. The summed E-state index contributed by atoms with van der Waals surface area (Å²) >= 11 is 0. The molecule has 0 saturated carbocycles. The van der Waals surface area contributed by atoms with E-state index in [2.05, 4.69) is 10.6 Å². The van der Waals surface area contributed by atoms with Crippen molar-refractivity contribution < 1.29 is 24.9 Å². The Labute approximate surface area is 155 Å². The number of ketones is 1. The van der Waals surface area contributed by atoms with E-state index in [1.807, 2.05) is 18.2 Å². The van der Waals surface area contributed by atoms with Crippen molar-refractivity contribution in [1.29, 1.82) is 0 Å². The molecule has 2 aromatic carbocycles. The largest absolute Gasteiger partial charge is 0.395 e. The molecule has 140 valence electrons. The summed E-state index contributed by atoms with van der Waals surface area (Å²) in [6.45, 7) is -0.227. The van der Waals surface area contributed by atoms with Crippen LogP contribution in [0.25, 0.3) is 11.1 Å². The zero-order valence-electron chi connectivity index (χ0n) is 14.4. The van der Waals surface area contributed by atoms with Crippen LogP contribution in [0.5, 0.6) is 0 Å². The minimum absolute atomic E-state index is 0.0822. The van der Waals surface area contributed by atoms with Crippen molar-refractivity contribution in [3.63, 3.8) is 0 Å². The van der Waals surface area contributed by atoms with Gasteiger partial charge in [0.05, 0.1) is 30.9 Å². The molecule has 0 spiro atoms. The minimum Gasteiger partial charge on any atom is -0.395 e. The zero-order chi connectivity index (χ0) is 19.1. The van der Waals surface area contributed by atoms with Crippen LogP contribution >= 0.6 is 0 Å². The number of carbonyl (C=O) groups excluding carboxylic acids is 2. The van der Waals surface area contributed by atoms with Crippen LogP contribution in [0.2, 0.25) is 0 Å². The fourth-order valence-electron chi connectivity index (χ4n) is 3.76. The SMILES string of the molecule is O=C(NC[C@H]1N[C@H](CO)[C@@H](O)[C@@H]1O)c1ccc2c(c1)C(=O)c1ccccc1-2. The number of rotatable bonds is 4. The number of aliphatic hydroxyl groups is 3. The molecule has 5 N–H and O–H groups in total. The first-order valence-corrected chi connectivity index (χ1v) is 8.80. The summed E-state index contributed by atoms with van der Waals surface area (Å²) < 4.78 is 0. The van der Waals surface area contributed by atoms with Crippen molar-refractivity contribution >= 4 is 11.7 Å². The van der Waals surface area contributed by atoms with Crippen molar-refractivity contribution in [2.45, 2.75) is 24.3 Å². The Morgan fingerprint density at radius 1 is 0.963 bits per heavy atom. The first kappa shape index (κ1) is 17.8. The molecule has 0 unspecified atom stereocenters. The first-order valence-electron chi connectivity index (χ1n) is 8.80. The molecule has 1 fully saturated rings. The molecule has 1 aliphatic heterocycles. The maximum Gasteiger partial charge on any atom is 0.251 e. The third-order valence-electron chi connectivity index (χ3n) is 5.27. The molecule has 1 amide bonds. The smallest absolute Gasteiger partial charge is 0.251 e. The number of nitrogens with one attached hydrogen (secondary N) is 2. The number of hydrogen-bond acceptors (Lipinski definition) is 6. The number of amides is 1. The Morgan fingerprint density at radius 3 is 2.33 bits per heavy atom. The second-order valence-corrected chi connectivity index (χ2v) is 6.89. The summed E-state index contributed by atoms with van der Waals surface area (Å²) in [6, 6.07) is 11.1. The molecule has 1 heterocycles. The lowest BCUT2D eigenvalue weighted by molar-refractivity contribution is 0.0197. The van der Waals surface area contributed by atoms with E-state index in [1.165, 1.54) is 0 Å². The highest BCUT2D eigenvalue weighted by molar-refractivity contribution is 6.22. The molecular weight excluding hydrogens is 348 g/mol. The van der Waals surface area contributed by atoms with Gasteiger partial charge >= 0.3 is 0 Å². The van der Waals surface area contributed by atoms with Gasteiger partial charge in [0.15, 0.2) is 5.78 Å². The van der Waals surface area contributed by atoms with Gasteiger partial charge in [-0.2, -0.15) is 0 Å². The number of fused-ring (bicyclic) bond motifs is 3. The zero-order valence-corrected chi connectivity index (χ0v) is 14.4. The summed E-state index contributed by atoms with van der Waals surface area (Å²) in [6.07, 6.45) is -2.17. The minimum atomic E-state index is -1.09. The van der Waals surface area contributed by atoms with E-state index in [0.29, 0.717) is 16.7 Å². The molecule has 2 aliphatic rings. The van der Waals surface area contributed by atoms with E-state index in [-0.39, 0.29) is 24.8 Å². The molecule has 0 bridgehead atoms. The van der Waals surface area contributed by atoms with Gasteiger partial charge in [-0.25, -0.2) is 0 Å².